The van der Waals surface area contributed by atoms with E-state index in [1.807, 2.05) is 44.2 Å². The average Bonchev–Trinajstić information content (AvgIpc) is 2.93. The summed E-state index contributed by atoms with van der Waals surface area (Å²) in [6, 6.07) is 19.2. The third-order valence-electron chi connectivity index (χ3n) is 6.53. The van der Waals surface area contributed by atoms with Gasteiger partial charge in [0.1, 0.15) is 12.6 Å². The highest BCUT2D eigenvalue weighted by atomic mass is 35.5. The van der Waals surface area contributed by atoms with Crippen molar-refractivity contribution in [1.29, 1.82) is 0 Å². The van der Waals surface area contributed by atoms with Crippen molar-refractivity contribution in [1.82, 2.24) is 10.2 Å². The molecule has 0 radical (unpaired) electrons. The zero-order valence-electron chi connectivity index (χ0n) is 24.0. The second-order valence-electron chi connectivity index (χ2n) is 10.5. The number of carbonyl (C=O) groups excluding carboxylic acids is 3. The zero-order chi connectivity index (χ0) is 31.0. The Kier molecular flexibility index (Phi) is 11.6. The molecule has 1 atom stereocenters. The standard InChI is InChI=1S/C31H35Cl2N3O5S/c1-21(2)18-34-31(39)29(15-23-9-6-5-7-10-23)35(19-25-13-14-26(32)17-28(25)33)30(38)20-36(42(4,40)41)27-12-8-11-24(16-27)22(3)37/h5-14,16-17,21,29H,15,18-20H2,1-4H3,(H,34,39). The molecule has 2 amide bonds. The minimum atomic E-state index is -3.97. The molecule has 3 aromatic carbocycles. The lowest BCUT2D eigenvalue weighted by molar-refractivity contribution is -0.140. The number of Topliss-reactive ketones (excluding diaryl/α,β-unsaturated/α-hetero) is 1. The van der Waals surface area contributed by atoms with Crippen LogP contribution in [0.4, 0.5) is 5.69 Å². The van der Waals surface area contributed by atoms with E-state index in [1.165, 1.54) is 24.0 Å². The van der Waals surface area contributed by atoms with Gasteiger partial charge in [0.05, 0.1) is 11.9 Å². The molecule has 224 valence electrons. The van der Waals surface area contributed by atoms with Crippen LogP contribution in [0.25, 0.3) is 0 Å². The third kappa shape index (κ3) is 9.31. The molecule has 0 aromatic heterocycles. The summed E-state index contributed by atoms with van der Waals surface area (Å²) >= 11 is 12.6. The number of ketones is 1. The van der Waals surface area contributed by atoms with Gasteiger partial charge in [-0.15, -0.1) is 0 Å². The van der Waals surface area contributed by atoms with Crippen molar-refractivity contribution in [3.05, 3.63) is 99.5 Å². The topological polar surface area (TPSA) is 104 Å². The Bertz CT molecular complexity index is 1530. The van der Waals surface area contributed by atoms with Crippen LogP contribution in [0, 0.1) is 5.92 Å². The number of sulfonamides is 1. The Morgan fingerprint density at radius 3 is 2.21 bits per heavy atom. The molecule has 0 saturated carbocycles. The maximum Gasteiger partial charge on any atom is 0.244 e. The van der Waals surface area contributed by atoms with Crippen LogP contribution >= 0.6 is 23.2 Å². The quantitative estimate of drug-likeness (QED) is 0.255. The Hall–Kier alpha value is -3.40. The molecule has 0 fully saturated rings. The minimum absolute atomic E-state index is 0.0769. The van der Waals surface area contributed by atoms with E-state index in [1.54, 1.807) is 30.3 Å². The van der Waals surface area contributed by atoms with Gasteiger partial charge in [0.15, 0.2) is 5.78 Å². The van der Waals surface area contributed by atoms with E-state index in [-0.39, 0.29) is 36.3 Å². The van der Waals surface area contributed by atoms with Crippen LogP contribution in [-0.2, 0) is 32.6 Å². The van der Waals surface area contributed by atoms with Crippen molar-refractivity contribution < 1.29 is 22.8 Å². The lowest BCUT2D eigenvalue weighted by atomic mass is 10.0. The fourth-order valence-electron chi connectivity index (χ4n) is 4.30. The first-order chi connectivity index (χ1) is 19.8. The Morgan fingerprint density at radius 2 is 1.62 bits per heavy atom. The molecule has 0 saturated heterocycles. The first-order valence-corrected chi connectivity index (χ1v) is 16.0. The van der Waals surface area contributed by atoms with Gasteiger partial charge in [0.2, 0.25) is 21.8 Å². The van der Waals surface area contributed by atoms with Crippen LogP contribution in [0.2, 0.25) is 10.0 Å². The number of rotatable bonds is 13. The second-order valence-corrected chi connectivity index (χ2v) is 13.2. The second kappa shape index (κ2) is 14.7. The van der Waals surface area contributed by atoms with Gasteiger partial charge in [-0.3, -0.25) is 18.7 Å². The molecule has 8 nitrogen and oxygen atoms in total. The molecule has 42 heavy (non-hydrogen) atoms. The van der Waals surface area contributed by atoms with E-state index in [9.17, 15) is 22.8 Å². The van der Waals surface area contributed by atoms with Crippen LogP contribution in [0.5, 0.6) is 0 Å². The largest absolute Gasteiger partial charge is 0.354 e. The summed E-state index contributed by atoms with van der Waals surface area (Å²) in [4.78, 5) is 41.2. The molecule has 1 N–H and O–H groups in total. The molecule has 3 aromatic rings. The highest BCUT2D eigenvalue weighted by Crippen LogP contribution is 2.25. The number of anilines is 1. The lowest BCUT2D eigenvalue weighted by Crippen LogP contribution is -2.53. The van der Waals surface area contributed by atoms with Crippen molar-refractivity contribution in [2.24, 2.45) is 5.92 Å². The molecule has 3 rings (SSSR count). The fourth-order valence-corrected chi connectivity index (χ4v) is 5.61. The summed E-state index contributed by atoms with van der Waals surface area (Å²) in [7, 11) is -3.97. The molecule has 0 aliphatic carbocycles. The molecule has 0 bridgehead atoms. The number of hydrogen-bond donors (Lipinski definition) is 1. The van der Waals surface area contributed by atoms with Gasteiger partial charge < -0.3 is 10.2 Å². The number of amides is 2. The first-order valence-electron chi connectivity index (χ1n) is 13.4. The van der Waals surface area contributed by atoms with Crippen LogP contribution < -0.4 is 9.62 Å². The van der Waals surface area contributed by atoms with E-state index in [2.05, 4.69) is 5.32 Å². The summed E-state index contributed by atoms with van der Waals surface area (Å²) in [6.07, 6.45) is 1.17. The van der Waals surface area contributed by atoms with E-state index in [0.29, 0.717) is 27.7 Å². The number of nitrogens with one attached hydrogen (secondary N) is 1. The molecule has 0 aliphatic heterocycles. The van der Waals surface area contributed by atoms with Crippen molar-refractivity contribution in [2.75, 3.05) is 23.7 Å². The van der Waals surface area contributed by atoms with Gasteiger partial charge >= 0.3 is 0 Å². The number of hydrogen-bond acceptors (Lipinski definition) is 5. The molecule has 1 unspecified atom stereocenters. The van der Waals surface area contributed by atoms with Crippen molar-refractivity contribution in [3.63, 3.8) is 0 Å². The van der Waals surface area contributed by atoms with Gasteiger partial charge in [-0.05, 0) is 48.2 Å². The Balaban J connectivity index is 2.09. The maximum atomic E-state index is 14.2. The summed E-state index contributed by atoms with van der Waals surface area (Å²) in [5.74, 6) is -1.09. The van der Waals surface area contributed by atoms with E-state index < -0.39 is 28.5 Å². The van der Waals surface area contributed by atoms with Gasteiger partial charge in [-0.1, -0.05) is 85.6 Å². The molecule has 0 heterocycles. The van der Waals surface area contributed by atoms with Crippen LogP contribution in [0.3, 0.4) is 0 Å². The SMILES string of the molecule is CC(=O)c1cccc(N(CC(=O)N(Cc2ccc(Cl)cc2Cl)C(Cc2ccccc2)C(=O)NCC(C)C)S(C)(=O)=O)c1. The highest BCUT2D eigenvalue weighted by molar-refractivity contribution is 7.92. The monoisotopic (exact) mass is 631 g/mol. The van der Waals surface area contributed by atoms with Gasteiger partial charge in [-0.2, -0.15) is 0 Å². The van der Waals surface area contributed by atoms with Crippen molar-refractivity contribution in [2.45, 2.75) is 39.8 Å². The summed E-state index contributed by atoms with van der Waals surface area (Å²) < 4.78 is 26.8. The van der Waals surface area contributed by atoms with Crippen molar-refractivity contribution in [3.8, 4) is 0 Å². The number of halogens is 2. The van der Waals surface area contributed by atoms with Crippen molar-refractivity contribution >= 4 is 56.5 Å². The third-order valence-corrected chi connectivity index (χ3v) is 8.26. The smallest absolute Gasteiger partial charge is 0.244 e. The van der Waals surface area contributed by atoms with E-state index in [4.69, 9.17) is 23.2 Å². The summed E-state index contributed by atoms with van der Waals surface area (Å²) in [5, 5.41) is 3.64. The van der Waals surface area contributed by atoms with Crippen LogP contribution in [0.15, 0.2) is 72.8 Å². The summed E-state index contributed by atoms with van der Waals surface area (Å²) in [6.45, 7) is 5.00. The van der Waals surface area contributed by atoms with E-state index in [0.717, 1.165) is 16.1 Å². The number of nitrogens with zero attached hydrogens (tertiary/aromatic N) is 2. The first kappa shape index (κ1) is 33.1. The average molecular weight is 633 g/mol. The van der Waals surface area contributed by atoms with Gasteiger partial charge in [0.25, 0.3) is 0 Å². The molecule has 11 heteroatoms. The fraction of sp³-hybridized carbons (Fsp3) is 0.323. The number of benzene rings is 3. The summed E-state index contributed by atoms with van der Waals surface area (Å²) in [5.41, 5.74) is 1.81. The normalized spacial score (nSPS) is 12.1. The maximum absolute atomic E-state index is 14.2. The van der Waals surface area contributed by atoms with Crippen LogP contribution in [-0.4, -0.2) is 56.3 Å². The molecular formula is C31H35Cl2N3O5S. The molecular weight excluding hydrogens is 597 g/mol. The minimum Gasteiger partial charge on any atom is -0.354 e. The Labute approximate surface area is 257 Å². The predicted octanol–water partition coefficient (Wildman–Crippen LogP) is 5.37. The number of carbonyl (C=O) groups is 3. The van der Waals surface area contributed by atoms with Gasteiger partial charge in [-0.25, -0.2) is 8.42 Å². The lowest BCUT2D eigenvalue weighted by Gasteiger charge is -2.34. The highest BCUT2D eigenvalue weighted by Gasteiger charge is 2.33. The Morgan fingerprint density at radius 1 is 0.929 bits per heavy atom. The van der Waals surface area contributed by atoms with E-state index >= 15 is 0 Å². The predicted molar refractivity (Wildman–Crippen MR) is 167 cm³/mol. The van der Waals surface area contributed by atoms with Crippen LogP contribution in [0.1, 0.15) is 42.3 Å². The molecule has 0 aliphatic rings. The zero-order valence-corrected chi connectivity index (χ0v) is 26.3. The molecule has 0 spiro atoms. The van der Waals surface area contributed by atoms with Gasteiger partial charge in [0, 0.05) is 35.1 Å².